The van der Waals surface area contributed by atoms with E-state index in [1.54, 1.807) is 0 Å². The lowest BCUT2D eigenvalue weighted by Crippen LogP contribution is -2.56. The fourth-order valence-electron chi connectivity index (χ4n) is 1.69. The monoisotopic (exact) mass is 156 g/mol. The molecule has 64 valence electrons. The molecule has 1 unspecified atom stereocenters. The molecule has 0 amide bonds. The van der Waals surface area contributed by atoms with Crippen molar-refractivity contribution in [2.75, 3.05) is 39.4 Å². The number of hydrogen-bond donors (Lipinski definition) is 3. The normalized spacial score (nSPS) is 34.4. The summed E-state index contributed by atoms with van der Waals surface area (Å²) in [5, 5.41) is 10.2. The van der Waals surface area contributed by atoms with Crippen LogP contribution in [0.2, 0.25) is 0 Å². The van der Waals surface area contributed by atoms with E-state index < -0.39 is 0 Å². The quantitative estimate of drug-likeness (QED) is 0.426. The van der Waals surface area contributed by atoms with Crippen molar-refractivity contribution in [1.82, 2.24) is 20.9 Å². The molecule has 11 heavy (non-hydrogen) atoms. The average Bonchev–Trinajstić information content (AvgIpc) is 2.58. The topological polar surface area (TPSA) is 39.3 Å². The molecule has 3 N–H and O–H groups in total. The summed E-state index contributed by atoms with van der Waals surface area (Å²) in [7, 11) is 0. The zero-order valence-corrected chi connectivity index (χ0v) is 6.77. The molecule has 0 radical (unpaired) electrons. The van der Waals surface area contributed by atoms with E-state index >= 15 is 0 Å². The van der Waals surface area contributed by atoms with E-state index in [2.05, 4.69) is 20.9 Å². The van der Waals surface area contributed by atoms with Crippen LogP contribution in [-0.4, -0.2) is 50.5 Å². The SMILES string of the molecule is C1CNC(N2CCNC2)CN1. The molecule has 2 heterocycles. The van der Waals surface area contributed by atoms with Crippen LogP contribution in [0.1, 0.15) is 0 Å². The highest BCUT2D eigenvalue weighted by atomic mass is 15.4. The Balaban J connectivity index is 1.82. The molecule has 4 heteroatoms. The summed E-state index contributed by atoms with van der Waals surface area (Å²) < 4.78 is 0. The summed E-state index contributed by atoms with van der Waals surface area (Å²) in [5.41, 5.74) is 0. The van der Waals surface area contributed by atoms with Crippen LogP contribution in [0.4, 0.5) is 0 Å². The van der Waals surface area contributed by atoms with Crippen LogP contribution in [0.25, 0.3) is 0 Å². The second-order valence-corrected chi connectivity index (χ2v) is 3.14. The molecule has 0 aliphatic carbocycles. The maximum absolute atomic E-state index is 3.48. The van der Waals surface area contributed by atoms with Crippen LogP contribution in [-0.2, 0) is 0 Å². The molecule has 1 atom stereocenters. The average molecular weight is 156 g/mol. The van der Waals surface area contributed by atoms with Crippen LogP contribution < -0.4 is 16.0 Å². The van der Waals surface area contributed by atoms with Crippen molar-refractivity contribution in [1.29, 1.82) is 0 Å². The number of rotatable bonds is 1. The molecule has 2 rings (SSSR count). The van der Waals surface area contributed by atoms with Crippen molar-refractivity contribution in [3.8, 4) is 0 Å². The summed E-state index contributed by atoms with van der Waals surface area (Å²) in [6, 6.07) is 0. The smallest absolute Gasteiger partial charge is 0.0736 e. The highest BCUT2D eigenvalue weighted by Crippen LogP contribution is 1.99. The Kier molecular flexibility index (Phi) is 2.38. The van der Waals surface area contributed by atoms with Gasteiger partial charge in [-0.05, 0) is 0 Å². The van der Waals surface area contributed by atoms with E-state index in [-0.39, 0.29) is 0 Å². The minimum Gasteiger partial charge on any atom is -0.313 e. The molecule has 2 aliphatic heterocycles. The Morgan fingerprint density at radius 1 is 1.09 bits per heavy atom. The van der Waals surface area contributed by atoms with Gasteiger partial charge in [-0.15, -0.1) is 0 Å². The van der Waals surface area contributed by atoms with Crippen molar-refractivity contribution in [2.45, 2.75) is 6.17 Å². The Bertz CT molecular complexity index is 116. The minimum absolute atomic E-state index is 0.554. The largest absolute Gasteiger partial charge is 0.313 e. The third-order valence-corrected chi connectivity index (χ3v) is 2.35. The van der Waals surface area contributed by atoms with Crippen molar-refractivity contribution in [2.24, 2.45) is 0 Å². The van der Waals surface area contributed by atoms with Gasteiger partial charge in [0.25, 0.3) is 0 Å². The van der Waals surface area contributed by atoms with Crippen molar-refractivity contribution in [3.05, 3.63) is 0 Å². The van der Waals surface area contributed by atoms with Gasteiger partial charge in [-0.25, -0.2) is 0 Å². The summed E-state index contributed by atoms with van der Waals surface area (Å²) >= 11 is 0. The molecule has 2 aliphatic rings. The van der Waals surface area contributed by atoms with Gasteiger partial charge in [0.15, 0.2) is 0 Å². The predicted molar refractivity (Wildman–Crippen MR) is 44.2 cm³/mol. The standard InChI is InChI=1S/C7H16N4/c1-2-10-7(5-8-1)11-4-3-9-6-11/h7-10H,1-6H2. The first kappa shape index (κ1) is 7.49. The first-order valence-electron chi connectivity index (χ1n) is 4.36. The van der Waals surface area contributed by atoms with Crippen molar-refractivity contribution < 1.29 is 0 Å². The van der Waals surface area contributed by atoms with Crippen molar-refractivity contribution in [3.63, 3.8) is 0 Å². The van der Waals surface area contributed by atoms with Gasteiger partial charge >= 0.3 is 0 Å². The summed E-state index contributed by atoms with van der Waals surface area (Å²) in [5.74, 6) is 0. The van der Waals surface area contributed by atoms with Crippen LogP contribution in [0, 0.1) is 0 Å². The van der Waals surface area contributed by atoms with Crippen LogP contribution in [0.3, 0.4) is 0 Å². The lowest BCUT2D eigenvalue weighted by molar-refractivity contribution is 0.180. The van der Waals surface area contributed by atoms with E-state index in [0.29, 0.717) is 6.17 Å². The minimum atomic E-state index is 0.554. The summed E-state index contributed by atoms with van der Waals surface area (Å²) in [6.45, 7) is 6.65. The first-order chi connectivity index (χ1) is 5.47. The maximum Gasteiger partial charge on any atom is 0.0736 e. The van der Waals surface area contributed by atoms with Gasteiger partial charge in [-0.1, -0.05) is 0 Å². The second-order valence-electron chi connectivity index (χ2n) is 3.14. The third-order valence-electron chi connectivity index (χ3n) is 2.35. The molecule has 0 bridgehead atoms. The lowest BCUT2D eigenvalue weighted by atomic mass is 10.3. The lowest BCUT2D eigenvalue weighted by Gasteiger charge is -2.31. The Hall–Kier alpha value is -0.160. The van der Waals surface area contributed by atoms with Crippen LogP contribution in [0.5, 0.6) is 0 Å². The summed E-state index contributed by atoms with van der Waals surface area (Å²) in [6.07, 6.45) is 0.554. The van der Waals surface area contributed by atoms with E-state index in [9.17, 15) is 0 Å². The second kappa shape index (κ2) is 3.49. The molecular weight excluding hydrogens is 140 g/mol. The Morgan fingerprint density at radius 2 is 2.09 bits per heavy atom. The highest BCUT2D eigenvalue weighted by molar-refractivity contribution is 4.79. The molecular formula is C7H16N4. The molecule has 4 nitrogen and oxygen atoms in total. The van der Waals surface area contributed by atoms with Crippen LogP contribution in [0.15, 0.2) is 0 Å². The van der Waals surface area contributed by atoms with Gasteiger partial charge in [-0.2, -0.15) is 0 Å². The number of nitrogens with zero attached hydrogens (tertiary/aromatic N) is 1. The van der Waals surface area contributed by atoms with Gasteiger partial charge in [0.2, 0.25) is 0 Å². The van der Waals surface area contributed by atoms with Gasteiger partial charge in [0.05, 0.1) is 6.17 Å². The molecule has 2 saturated heterocycles. The molecule has 0 aromatic rings. The number of hydrogen-bond acceptors (Lipinski definition) is 4. The fraction of sp³-hybridized carbons (Fsp3) is 1.00. The molecule has 0 saturated carbocycles. The van der Waals surface area contributed by atoms with Gasteiger partial charge < -0.3 is 10.6 Å². The number of nitrogens with one attached hydrogen (secondary N) is 3. The first-order valence-corrected chi connectivity index (χ1v) is 4.36. The fourth-order valence-corrected chi connectivity index (χ4v) is 1.69. The summed E-state index contributed by atoms with van der Waals surface area (Å²) in [4.78, 5) is 2.44. The third kappa shape index (κ3) is 1.70. The molecule has 0 aromatic heterocycles. The van der Waals surface area contributed by atoms with E-state index in [0.717, 1.165) is 32.8 Å². The van der Waals surface area contributed by atoms with Gasteiger partial charge in [-0.3, -0.25) is 10.2 Å². The number of piperazine rings is 1. The highest BCUT2D eigenvalue weighted by Gasteiger charge is 2.22. The van der Waals surface area contributed by atoms with Crippen molar-refractivity contribution >= 4 is 0 Å². The predicted octanol–water partition coefficient (Wildman–Crippen LogP) is -1.63. The molecule has 0 spiro atoms. The zero-order chi connectivity index (χ0) is 7.52. The van der Waals surface area contributed by atoms with Gasteiger partial charge in [0.1, 0.15) is 0 Å². The van der Waals surface area contributed by atoms with E-state index in [1.165, 1.54) is 6.54 Å². The molecule has 2 fully saturated rings. The van der Waals surface area contributed by atoms with E-state index in [4.69, 9.17) is 0 Å². The van der Waals surface area contributed by atoms with Crippen LogP contribution >= 0.6 is 0 Å². The Morgan fingerprint density at radius 3 is 2.73 bits per heavy atom. The molecule has 0 aromatic carbocycles. The zero-order valence-electron chi connectivity index (χ0n) is 6.77. The maximum atomic E-state index is 3.48. The van der Waals surface area contributed by atoms with E-state index in [1.807, 2.05) is 0 Å². The van der Waals surface area contributed by atoms with Gasteiger partial charge in [0, 0.05) is 39.4 Å². The Labute approximate surface area is 67.3 Å².